The van der Waals surface area contributed by atoms with Gasteiger partial charge in [0.05, 0.1) is 19.8 Å². The Kier molecular flexibility index (Phi) is 5.09. The van der Waals surface area contributed by atoms with Crippen molar-refractivity contribution < 1.29 is 24.2 Å². The fraction of sp³-hybridized carbons (Fsp3) is 0.182. The second-order valence-electron chi connectivity index (χ2n) is 3.47. The summed E-state index contributed by atoms with van der Waals surface area (Å²) >= 11 is 4.54. The number of hydrazine groups is 1. The molecule has 0 aliphatic rings. The molecule has 0 fully saturated rings. The van der Waals surface area contributed by atoms with Gasteiger partial charge in [0.1, 0.15) is 5.56 Å². The van der Waals surface area contributed by atoms with Crippen LogP contribution in [0.1, 0.15) is 20.7 Å². The Balaban J connectivity index is 3.34. The van der Waals surface area contributed by atoms with Gasteiger partial charge in [-0.2, -0.15) is 0 Å². The van der Waals surface area contributed by atoms with E-state index in [0.717, 1.165) is 0 Å². The standard InChI is InChI=1S/C11H13N3O5S/c1-18-6-4-3-5(10(16)17)7(8(6)19-2)9(15)13-14-11(12)20/h3-4H,1-2H3,(H,13,15)(H,16,17)(H3,12,14,20). The summed E-state index contributed by atoms with van der Waals surface area (Å²) in [5.41, 5.74) is 9.11. The first-order valence-electron chi connectivity index (χ1n) is 5.26. The third-order valence-corrected chi connectivity index (χ3v) is 2.40. The molecule has 9 heteroatoms. The molecule has 0 aliphatic carbocycles. The van der Waals surface area contributed by atoms with Crippen molar-refractivity contribution in [1.82, 2.24) is 10.9 Å². The number of carboxylic acid groups (broad SMARTS) is 1. The summed E-state index contributed by atoms with van der Waals surface area (Å²) in [7, 11) is 2.66. The zero-order valence-corrected chi connectivity index (χ0v) is 11.5. The van der Waals surface area contributed by atoms with Crippen molar-refractivity contribution in [3.8, 4) is 11.5 Å². The Bertz CT molecular complexity index is 561. The van der Waals surface area contributed by atoms with E-state index >= 15 is 0 Å². The average Bonchev–Trinajstić information content (AvgIpc) is 2.42. The third-order valence-electron chi connectivity index (χ3n) is 2.30. The Hall–Kier alpha value is -2.55. The molecule has 0 unspecified atom stereocenters. The number of nitrogens with one attached hydrogen (secondary N) is 2. The molecule has 20 heavy (non-hydrogen) atoms. The Labute approximate surface area is 119 Å². The minimum absolute atomic E-state index is 0.00496. The Morgan fingerprint density at radius 2 is 1.90 bits per heavy atom. The summed E-state index contributed by atoms with van der Waals surface area (Å²) in [6.07, 6.45) is 0. The number of carbonyl (C=O) groups is 2. The average molecular weight is 299 g/mol. The van der Waals surface area contributed by atoms with Gasteiger partial charge in [0.15, 0.2) is 16.6 Å². The summed E-state index contributed by atoms with van der Waals surface area (Å²) in [6.45, 7) is 0. The van der Waals surface area contributed by atoms with Crippen molar-refractivity contribution >= 4 is 29.2 Å². The highest BCUT2D eigenvalue weighted by Crippen LogP contribution is 2.33. The van der Waals surface area contributed by atoms with Gasteiger partial charge in [-0.25, -0.2) is 4.79 Å². The molecule has 0 atom stereocenters. The molecule has 0 saturated carbocycles. The van der Waals surface area contributed by atoms with E-state index < -0.39 is 11.9 Å². The van der Waals surface area contributed by atoms with Crippen LogP contribution in [-0.2, 0) is 0 Å². The van der Waals surface area contributed by atoms with E-state index in [4.69, 9.17) is 20.3 Å². The number of ether oxygens (including phenoxy) is 2. The molecule has 0 bridgehead atoms. The number of thiocarbonyl (C=S) groups is 1. The van der Waals surface area contributed by atoms with Crippen LogP contribution in [0.25, 0.3) is 0 Å². The number of aromatic carboxylic acids is 1. The maximum Gasteiger partial charge on any atom is 0.336 e. The summed E-state index contributed by atoms with van der Waals surface area (Å²) in [5, 5.41) is 8.96. The van der Waals surface area contributed by atoms with Gasteiger partial charge in [-0.05, 0) is 24.4 Å². The van der Waals surface area contributed by atoms with Gasteiger partial charge < -0.3 is 20.3 Å². The van der Waals surface area contributed by atoms with Crippen LogP contribution in [0.3, 0.4) is 0 Å². The number of hydrogen-bond donors (Lipinski definition) is 4. The van der Waals surface area contributed by atoms with Crippen LogP contribution >= 0.6 is 12.2 Å². The molecule has 0 heterocycles. The lowest BCUT2D eigenvalue weighted by Crippen LogP contribution is -2.44. The lowest BCUT2D eigenvalue weighted by Gasteiger charge is -2.15. The lowest BCUT2D eigenvalue weighted by atomic mass is 10.0. The summed E-state index contributed by atoms with van der Waals surface area (Å²) in [6, 6.07) is 2.62. The molecular weight excluding hydrogens is 286 g/mol. The van der Waals surface area contributed by atoms with Gasteiger partial charge in [-0.15, -0.1) is 0 Å². The second kappa shape index (κ2) is 6.57. The van der Waals surface area contributed by atoms with Crippen molar-refractivity contribution in [3.05, 3.63) is 23.3 Å². The SMILES string of the molecule is COc1ccc(C(=O)O)c(C(=O)NNC(N)=S)c1OC. The molecule has 1 rings (SSSR count). The van der Waals surface area contributed by atoms with E-state index in [0.29, 0.717) is 0 Å². The molecule has 1 amide bonds. The number of nitrogens with two attached hydrogens (primary N) is 1. The highest BCUT2D eigenvalue weighted by atomic mass is 32.1. The first-order valence-corrected chi connectivity index (χ1v) is 5.67. The van der Waals surface area contributed by atoms with Crippen LogP contribution in [0.2, 0.25) is 0 Å². The maximum absolute atomic E-state index is 12.0. The second-order valence-corrected chi connectivity index (χ2v) is 3.91. The first kappa shape index (κ1) is 15.5. The van der Waals surface area contributed by atoms with E-state index in [1.165, 1.54) is 26.4 Å². The molecule has 1 aromatic carbocycles. The number of rotatable bonds is 4. The van der Waals surface area contributed by atoms with Crippen molar-refractivity contribution in [2.75, 3.05) is 14.2 Å². The highest BCUT2D eigenvalue weighted by Gasteiger charge is 2.24. The molecule has 0 radical (unpaired) electrons. The van der Waals surface area contributed by atoms with Gasteiger partial charge in [0.2, 0.25) is 0 Å². The van der Waals surface area contributed by atoms with Crippen LogP contribution in [0, 0.1) is 0 Å². The highest BCUT2D eigenvalue weighted by molar-refractivity contribution is 7.80. The molecule has 0 aliphatic heterocycles. The largest absolute Gasteiger partial charge is 0.493 e. The van der Waals surface area contributed by atoms with Crippen LogP contribution < -0.4 is 26.1 Å². The van der Waals surface area contributed by atoms with Gasteiger partial charge in [0.25, 0.3) is 5.91 Å². The van der Waals surface area contributed by atoms with Crippen LogP contribution in [0.5, 0.6) is 11.5 Å². The zero-order chi connectivity index (χ0) is 15.3. The topological polar surface area (TPSA) is 123 Å². The number of amides is 1. The molecule has 5 N–H and O–H groups in total. The number of methoxy groups -OCH3 is 2. The van der Waals surface area contributed by atoms with E-state index in [-0.39, 0.29) is 27.7 Å². The van der Waals surface area contributed by atoms with Crippen LogP contribution in [-0.4, -0.2) is 36.3 Å². The van der Waals surface area contributed by atoms with E-state index in [1.54, 1.807) is 0 Å². The Morgan fingerprint density at radius 3 is 2.35 bits per heavy atom. The van der Waals surface area contributed by atoms with E-state index in [2.05, 4.69) is 23.1 Å². The fourth-order valence-electron chi connectivity index (χ4n) is 1.51. The summed E-state index contributed by atoms with van der Waals surface area (Å²) < 4.78 is 10.1. The van der Waals surface area contributed by atoms with E-state index in [9.17, 15) is 9.59 Å². The van der Waals surface area contributed by atoms with Crippen LogP contribution in [0.4, 0.5) is 0 Å². The monoisotopic (exact) mass is 299 g/mol. The molecule has 8 nitrogen and oxygen atoms in total. The predicted octanol–water partition coefficient (Wildman–Crippen LogP) is -0.120. The van der Waals surface area contributed by atoms with Crippen molar-refractivity contribution in [2.24, 2.45) is 5.73 Å². The number of carbonyl (C=O) groups excluding carboxylic acids is 1. The van der Waals surface area contributed by atoms with Crippen LogP contribution in [0.15, 0.2) is 12.1 Å². The molecule has 108 valence electrons. The van der Waals surface area contributed by atoms with E-state index in [1.807, 2.05) is 0 Å². The minimum Gasteiger partial charge on any atom is -0.493 e. The lowest BCUT2D eigenvalue weighted by molar-refractivity contribution is 0.0690. The van der Waals surface area contributed by atoms with Crippen molar-refractivity contribution in [1.29, 1.82) is 0 Å². The Morgan fingerprint density at radius 1 is 1.25 bits per heavy atom. The number of hydrogen-bond acceptors (Lipinski definition) is 5. The molecule has 1 aromatic rings. The summed E-state index contributed by atoms with van der Waals surface area (Å²) in [4.78, 5) is 23.2. The van der Waals surface area contributed by atoms with Crippen molar-refractivity contribution in [2.45, 2.75) is 0 Å². The minimum atomic E-state index is -1.29. The van der Waals surface area contributed by atoms with Gasteiger partial charge in [-0.3, -0.25) is 15.6 Å². The fourth-order valence-corrected chi connectivity index (χ4v) is 1.56. The van der Waals surface area contributed by atoms with Crippen molar-refractivity contribution in [3.63, 3.8) is 0 Å². The predicted molar refractivity (Wildman–Crippen MR) is 73.9 cm³/mol. The molecule has 0 spiro atoms. The van der Waals surface area contributed by atoms with Gasteiger partial charge in [-0.1, -0.05) is 0 Å². The van der Waals surface area contributed by atoms with Gasteiger partial charge >= 0.3 is 5.97 Å². The quantitative estimate of drug-likeness (QED) is 0.448. The summed E-state index contributed by atoms with van der Waals surface area (Å²) in [5.74, 6) is -1.84. The number of benzene rings is 1. The zero-order valence-electron chi connectivity index (χ0n) is 10.7. The first-order chi connectivity index (χ1) is 9.42. The smallest absolute Gasteiger partial charge is 0.336 e. The molecular formula is C11H13N3O5S. The normalized spacial score (nSPS) is 9.50. The molecule has 0 aromatic heterocycles. The third kappa shape index (κ3) is 3.26. The maximum atomic E-state index is 12.0. The number of carboxylic acids is 1. The molecule has 0 saturated heterocycles. The van der Waals surface area contributed by atoms with Gasteiger partial charge in [0, 0.05) is 0 Å².